The molecule has 1 unspecified atom stereocenters. The van der Waals surface area contributed by atoms with Crippen LogP contribution < -0.4 is 4.90 Å². The Hall–Kier alpha value is -1.61. The molecule has 1 rings (SSSR count). The van der Waals surface area contributed by atoms with Crippen LogP contribution in [-0.2, 0) is 9.53 Å². The Morgan fingerprint density at radius 3 is 2.21 bits per heavy atom. The summed E-state index contributed by atoms with van der Waals surface area (Å²) in [5.74, 6) is 0. The maximum absolute atomic E-state index is 10.5. The van der Waals surface area contributed by atoms with Crippen molar-refractivity contribution in [1.82, 2.24) is 0 Å². The minimum atomic E-state index is -0.241. The molecule has 19 heavy (non-hydrogen) atoms. The molecule has 1 atom stereocenters. The molecule has 0 radical (unpaired) electrons. The van der Waals surface area contributed by atoms with Crippen LogP contribution in [0.4, 0.5) is 5.69 Å². The van der Waals surface area contributed by atoms with Gasteiger partial charge in [-0.2, -0.15) is 0 Å². The number of carbonyl (C=O) groups is 1. The molecule has 0 amide bonds. The molecule has 0 fully saturated rings. The van der Waals surface area contributed by atoms with Gasteiger partial charge in [0.05, 0.1) is 6.10 Å². The van der Waals surface area contributed by atoms with Crippen molar-refractivity contribution >= 4 is 12.0 Å². The van der Waals surface area contributed by atoms with Crippen LogP contribution in [0.2, 0.25) is 0 Å². The van der Waals surface area contributed by atoms with Gasteiger partial charge in [0.25, 0.3) is 0 Å². The first kappa shape index (κ1) is 15.4. The van der Waals surface area contributed by atoms with Gasteiger partial charge in [-0.15, -0.1) is 0 Å². The summed E-state index contributed by atoms with van der Waals surface area (Å²) in [4.78, 5) is 12.5. The SMILES string of the molecule is COC(c1ccc(N(C)C)cc1)C(C)(C)C=CC=O. The largest absolute Gasteiger partial charge is 0.378 e. The minimum absolute atomic E-state index is 0.0834. The molecule has 0 aliphatic heterocycles. The zero-order valence-corrected chi connectivity index (χ0v) is 12.4. The maximum atomic E-state index is 10.5. The number of methoxy groups -OCH3 is 1. The third-order valence-electron chi connectivity index (χ3n) is 3.23. The lowest BCUT2D eigenvalue weighted by Gasteiger charge is -2.31. The van der Waals surface area contributed by atoms with Crippen LogP contribution in [0.25, 0.3) is 0 Å². The lowest BCUT2D eigenvalue weighted by molar-refractivity contribution is -0.104. The van der Waals surface area contributed by atoms with Crippen molar-refractivity contribution < 1.29 is 9.53 Å². The number of nitrogens with zero attached hydrogens (tertiary/aromatic N) is 1. The van der Waals surface area contributed by atoms with E-state index in [1.807, 2.05) is 20.2 Å². The predicted molar refractivity (Wildman–Crippen MR) is 79.5 cm³/mol. The molecule has 1 aromatic rings. The van der Waals surface area contributed by atoms with E-state index >= 15 is 0 Å². The Labute approximate surface area is 115 Å². The van der Waals surface area contributed by atoms with Gasteiger partial charge in [-0.3, -0.25) is 4.79 Å². The number of ether oxygens (including phenoxy) is 1. The van der Waals surface area contributed by atoms with E-state index in [1.165, 1.54) is 6.08 Å². The van der Waals surface area contributed by atoms with Crippen molar-refractivity contribution in [3.8, 4) is 0 Å². The van der Waals surface area contributed by atoms with E-state index < -0.39 is 0 Å². The second-order valence-electron chi connectivity index (χ2n) is 5.42. The zero-order valence-electron chi connectivity index (χ0n) is 12.4. The Bertz CT molecular complexity index is 433. The summed E-state index contributed by atoms with van der Waals surface area (Å²) in [5, 5.41) is 0. The molecule has 0 aliphatic carbocycles. The zero-order chi connectivity index (χ0) is 14.5. The van der Waals surface area contributed by atoms with Gasteiger partial charge in [0, 0.05) is 32.3 Å². The maximum Gasteiger partial charge on any atom is 0.142 e. The highest BCUT2D eigenvalue weighted by Crippen LogP contribution is 2.37. The first-order valence-electron chi connectivity index (χ1n) is 6.35. The third kappa shape index (κ3) is 3.93. The van der Waals surface area contributed by atoms with Crippen molar-refractivity contribution in [2.24, 2.45) is 5.41 Å². The standard InChI is InChI=1S/C16H23NO2/c1-16(2,11-6-12-18)15(19-5)13-7-9-14(10-8-13)17(3)4/h6-12,15H,1-5H3. The first-order valence-corrected chi connectivity index (χ1v) is 6.35. The average molecular weight is 261 g/mol. The molecule has 3 nitrogen and oxygen atoms in total. The van der Waals surface area contributed by atoms with Crippen LogP contribution in [0.5, 0.6) is 0 Å². The molecule has 1 aromatic carbocycles. The summed E-state index contributed by atoms with van der Waals surface area (Å²) >= 11 is 0. The van der Waals surface area contributed by atoms with E-state index in [-0.39, 0.29) is 11.5 Å². The number of aldehydes is 1. The van der Waals surface area contributed by atoms with Crippen molar-refractivity contribution in [3.63, 3.8) is 0 Å². The Morgan fingerprint density at radius 1 is 1.21 bits per heavy atom. The second kappa shape index (κ2) is 6.53. The quantitative estimate of drug-likeness (QED) is 0.581. The average Bonchev–Trinajstić information content (AvgIpc) is 2.37. The van der Waals surface area contributed by atoms with Crippen LogP contribution in [0, 0.1) is 5.41 Å². The van der Waals surface area contributed by atoms with Crippen molar-refractivity contribution in [3.05, 3.63) is 42.0 Å². The highest BCUT2D eigenvalue weighted by Gasteiger charge is 2.28. The predicted octanol–water partition coefficient (Wildman–Crippen LogP) is 3.22. The fourth-order valence-electron chi connectivity index (χ4n) is 2.19. The number of allylic oxidation sites excluding steroid dienone is 1. The summed E-state index contributed by atoms with van der Waals surface area (Å²) in [5.41, 5.74) is 2.02. The van der Waals surface area contributed by atoms with Gasteiger partial charge in [0.1, 0.15) is 6.29 Å². The summed E-state index contributed by atoms with van der Waals surface area (Å²) in [6.45, 7) is 4.11. The molecule has 0 heterocycles. The molecule has 0 saturated carbocycles. The third-order valence-corrected chi connectivity index (χ3v) is 3.23. The fourth-order valence-corrected chi connectivity index (χ4v) is 2.19. The molecule has 104 valence electrons. The molecular formula is C16H23NO2. The van der Waals surface area contributed by atoms with Gasteiger partial charge < -0.3 is 9.64 Å². The fraction of sp³-hybridized carbons (Fsp3) is 0.438. The Kier molecular flexibility index (Phi) is 5.31. The Balaban J connectivity index is 3.02. The topological polar surface area (TPSA) is 29.5 Å². The molecule has 0 bridgehead atoms. The molecule has 0 aliphatic rings. The van der Waals surface area contributed by atoms with E-state index in [9.17, 15) is 4.79 Å². The van der Waals surface area contributed by atoms with E-state index in [1.54, 1.807) is 7.11 Å². The molecular weight excluding hydrogens is 238 g/mol. The lowest BCUT2D eigenvalue weighted by atomic mass is 9.82. The van der Waals surface area contributed by atoms with Gasteiger partial charge >= 0.3 is 0 Å². The molecule has 0 spiro atoms. The number of benzene rings is 1. The Morgan fingerprint density at radius 2 is 1.79 bits per heavy atom. The number of hydrogen-bond donors (Lipinski definition) is 0. The number of rotatable bonds is 6. The van der Waals surface area contributed by atoms with Gasteiger partial charge in [0.2, 0.25) is 0 Å². The van der Waals surface area contributed by atoms with E-state index in [2.05, 4.69) is 43.0 Å². The lowest BCUT2D eigenvalue weighted by Crippen LogP contribution is -2.21. The summed E-state index contributed by atoms with van der Waals surface area (Å²) in [6, 6.07) is 8.28. The van der Waals surface area contributed by atoms with Gasteiger partial charge in [-0.05, 0) is 23.8 Å². The molecule has 0 N–H and O–H groups in total. The molecule has 0 aromatic heterocycles. The highest BCUT2D eigenvalue weighted by molar-refractivity contribution is 5.64. The normalized spacial score (nSPS) is 13.5. The molecule has 0 saturated heterocycles. The monoisotopic (exact) mass is 261 g/mol. The van der Waals surface area contributed by atoms with Crippen molar-refractivity contribution in [2.75, 3.05) is 26.1 Å². The van der Waals surface area contributed by atoms with Gasteiger partial charge in [-0.25, -0.2) is 0 Å². The van der Waals surface area contributed by atoms with Crippen molar-refractivity contribution in [1.29, 1.82) is 0 Å². The number of anilines is 1. The summed E-state index contributed by atoms with van der Waals surface area (Å²) in [6.07, 6.45) is 4.12. The van der Waals surface area contributed by atoms with Crippen LogP contribution >= 0.6 is 0 Å². The van der Waals surface area contributed by atoms with E-state index in [4.69, 9.17) is 4.74 Å². The van der Waals surface area contributed by atoms with Crippen LogP contribution in [0.3, 0.4) is 0 Å². The van der Waals surface area contributed by atoms with Crippen LogP contribution in [-0.4, -0.2) is 27.5 Å². The second-order valence-corrected chi connectivity index (χ2v) is 5.42. The number of hydrogen-bond acceptors (Lipinski definition) is 3. The highest BCUT2D eigenvalue weighted by atomic mass is 16.5. The summed E-state index contributed by atoms with van der Waals surface area (Å²) in [7, 11) is 5.72. The van der Waals surface area contributed by atoms with E-state index in [0.717, 1.165) is 17.5 Å². The van der Waals surface area contributed by atoms with Crippen LogP contribution in [0.15, 0.2) is 36.4 Å². The minimum Gasteiger partial charge on any atom is -0.378 e. The summed E-state index contributed by atoms with van der Waals surface area (Å²) < 4.78 is 5.62. The van der Waals surface area contributed by atoms with Gasteiger partial charge in [-0.1, -0.05) is 32.1 Å². The smallest absolute Gasteiger partial charge is 0.142 e. The number of carbonyl (C=O) groups excluding carboxylic acids is 1. The molecule has 3 heteroatoms. The first-order chi connectivity index (χ1) is 8.92. The van der Waals surface area contributed by atoms with Crippen molar-refractivity contribution in [2.45, 2.75) is 20.0 Å². The van der Waals surface area contributed by atoms with Crippen LogP contribution in [0.1, 0.15) is 25.5 Å². The van der Waals surface area contributed by atoms with Gasteiger partial charge in [0.15, 0.2) is 0 Å². The van der Waals surface area contributed by atoms with E-state index in [0.29, 0.717) is 0 Å².